The van der Waals surface area contributed by atoms with Crippen LogP contribution >= 0.6 is 0 Å². The zero-order valence-corrected chi connectivity index (χ0v) is 12.6. The van der Waals surface area contributed by atoms with Gasteiger partial charge in [0, 0.05) is 12.6 Å². The van der Waals surface area contributed by atoms with Gasteiger partial charge in [-0.15, -0.1) is 4.40 Å². The van der Waals surface area contributed by atoms with E-state index < -0.39 is 29.2 Å². The Balaban J connectivity index is 2.41. The Morgan fingerprint density at radius 2 is 1.96 bits per heavy atom. The first-order chi connectivity index (χ1) is 10.7. The lowest BCUT2D eigenvalue weighted by Gasteiger charge is -2.23. The summed E-state index contributed by atoms with van der Waals surface area (Å²) in [6.07, 6.45) is 1.20. The number of hydrogen-bond donors (Lipinski definition) is 1. The molecule has 1 aliphatic rings. The highest BCUT2D eigenvalue weighted by Crippen LogP contribution is 2.22. The van der Waals surface area contributed by atoms with Gasteiger partial charge in [0.25, 0.3) is 0 Å². The monoisotopic (exact) mass is 346 g/mol. The van der Waals surface area contributed by atoms with Crippen LogP contribution in [0.5, 0.6) is 5.75 Å². The number of ketones is 1. The van der Waals surface area contributed by atoms with Crippen LogP contribution in [0.4, 0.5) is 8.78 Å². The van der Waals surface area contributed by atoms with Gasteiger partial charge in [0.15, 0.2) is 0 Å². The SMILES string of the molecule is CN1C(C(=O)CO)=CC(c2ccc(OC(F)F)cc2)=NS1(=O)=O. The second-order valence-corrected chi connectivity index (χ2v) is 6.06. The van der Waals surface area contributed by atoms with Crippen molar-refractivity contribution in [1.82, 2.24) is 4.31 Å². The van der Waals surface area contributed by atoms with Gasteiger partial charge in [-0.25, -0.2) is 0 Å². The van der Waals surface area contributed by atoms with E-state index in [0.717, 1.165) is 7.05 Å². The minimum Gasteiger partial charge on any atom is -0.435 e. The molecule has 0 aromatic heterocycles. The van der Waals surface area contributed by atoms with Crippen LogP contribution in [-0.4, -0.2) is 49.6 Å². The predicted molar refractivity (Wildman–Crippen MR) is 76.5 cm³/mol. The molecule has 0 fully saturated rings. The highest BCUT2D eigenvalue weighted by Gasteiger charge is 2.29. The van der Waals surface area contributed by atoms with Crippen LogP contribution in [0, 0.1) is 0 Å². The first kappa shape index (κ1) is 17.0. The summed E-state index contributed by atoms with van der Waals surface area (Å²) in [5, 5.41) is 8.91. The number of ether oxygens (including phenoxy) is 1. The molecule has 1 aromatic rings. The van der Waals surface area contributed by atoms with Crippen LogP contribution < -0.4 is 4.74 Å². The summed E-state index contributed by atoms with van der Waals surface area (Å²) >= 11 is 0. The molecule has 7 nitrogen and oxygen atoms in total. The molecule has 23 heavy (non-hydrogen) atoms. The van der Waals surface area contributed by atoms with Gasteiger partial charge < -0.3 is 9.84 Å². The smallest absolute Gasteiger partial charge is 0.387 e. The van der Waals surface area contributed by atoms with E-state index in [-0.39, 0.29) is 22.7 Å². The molecule has 124 valence electrons. The first-order valence-electron chi connectivity index (χ1n) is 6.24. The highest BCUT2D eigenvalue weighted by atomic mass is 32.2. The molecule has 0 saturated carbocycles. The summed E-state index contributed by atoms with van der Waals surface area (Å²) in [7, 11) is -2.99. The Morgan fingerprint density at radius 3 is 2.48 bits per heavy atom. The molecule has 0 spiro atoms. The summed E-state index contributed by atoms with van der Waals surface area (Å²) in [4.78, 5) is 11.6. The molecule has 0 bridgehead atoms. The fourth-order valence-corrected chi connectivity index (χ4v) is 2.77. The molecule has 0 saturated heterocycles. The Hall–Kier alpha value is -2.33. The molecule has 0 aliphatic carbocycles. The number of aliphatic hydroxyl groups excluding tert-OH is 1. The molecule has 2 rings (SSSR count). The average Bonchev–Trinajstić information content (AvgIpc) is 2.49. The number of aliphatic hydroxyl groups is 1. The zero-order chi connectivity index (χ0) is 17.2. The second-order valence-electron chi connectivity index (χ2n) is 4.44. The number of Topliss-reactive ketones (excluding diaryl/α,β-unsaturated/α-hetero) is 1. The first-order valence-corrected chi connectivity index (χ1v) is 7.64. The number of benzene rings is 1. The minimum atomic E-state index is -4.12. The lowest BCUT2D eigenvalue weighted by molar-refractivity contribution is -0.119. The van der Waals surface area contributed by atoms with Gasteiger partial charge in [-0.05, 0) is 30.3 Å². The van der Waals surface area contributed by atoms with Gasteiger partial charge in [0.1, 0.15) is 18.1 Å². The Bertz CT molecular complexity index is 772. The van der Waals surface area contributed by atoms with E-state index in [1.54, 1.807) is 0 Å². The average molecular weight is 346 g/mol. The molecule has 10 heteroatoms. The van der Waals surface area contributed by atoms with Gasteiger partial charge in [-0.3, -0.25) is 9.10 Å². The summed E-state index contributed by atoms with van der Waals surface area (Å²) in [6.45, 7) is -3.84. The van der Waals surface area contributed by atoms with Crippen molar-refractivity contribution in [1.29, 1.82) is 0 Å². The molecule has 1 heterocycles. The van der Waals surface area contributed by atoms with E-state index in [4.69, 9.17) is 5.11 Å². The second kappa shape index (κ2) is 6.42. The molecule has 1 aliphatic heterocycles. The van der Waals surface area contributed by atoms with Crippen molar-refractivity contribution in [3.05, 3.63) is 41.6 Å². The standard InChI is InChI=1S/C13H12F2N2O5S/c1-17-11(12(19)7-18)6-10(16-23(17,20)21)8-2-4-9(5-3-8)22-13(14)15/h2-6,13,18H,7H2,1H3. The van der Waals surface area contributed by atoms with Crippen LogP contribution in [0.3, 0.4) is 0 Å². The van der Waals surface area contributed by atoms with E-state index in [1.165, 1.54) is 30.3 Å². The Kier molecular flexibility index (Phi) is 4.76. The molecule has 1 N–H and O–H groups in total. The van der Waals surface area contributed by atoms with E-state index in [0.29, 0.717) is 4.31 Å². The zero-order valence-electron chi connectivity index (χ0n) is 11.8. The van der Waals surface area contributed by atoms with E-state index in [9.17, 15) is 22.0 Å². The minimum absolute atomic E-state index is 0.0523. The summed E-state index contributed by atoms with van der Waals surface area (Å²) in [5.41, 5.74) is -0.0135. The Labute approximate surface area is 130 Å². The number of rotatable bonds is 5. The fraction of sp³-hybridized carbons (Fsp3) is 0.231. The number of halogens is 2. The lowest BCUT2D eigenvalue weighted by atomic mass is 10.1. The van der Waals surface area contributed by atoms with Crippen molar-refractivity contribution in [3.8, 4) is 5.75 Å². The Morgan fingerprint density at radius 1 is 1.35 bits per heavy atom. The van der Waals surface area contributed by atoms with Gasteiger partial charge in [0.05, 0.1) is 5.71 Å². The number of likely N-dealkylation sites (N-methyl/N-ethyl adjacent to an activating group) is 1. The van der Waals surface area contributed by atoms with Crippen molar-refractivity contribution in [2.45, 2.75) is 6.61 Å². The topological polar surface area (TPSA) is 96.3 Å². The molecule has 0 amide bonds. The van der Waals surface area contributed by atoms with Crippen molar-refractivity contribution in [3.63, 3.8) is 0 Å². The van der Waals surface area contributed by atoms with Crippen molar-refractivity contribution in [2.24, 2.45) is 4.40 Å². The fourth-order valence-electron chi connectivity index (χ4n) is 1.84. The summed E-state index contributed by atoms with van der Waals surface area (Å²) < 4.78 is 56.5. The number of allylic oxidation sites excluding steroid dienone is 1. The quantitative estimate of drug-likeness (QED) is 0.847. The molecule has 0 radical (unpaired) electrons. The van der Waals surface area contributed by atoms with E-state index >= 15 is 0 Å². The largest absolute Gasteiger partial charge is 0.435 e. The van der Waals surface area contributed by atoms with Gasteiger partial charge in [-0.2, -0.15) is 17.2 Å². The van der Waals surface area contributed by atoms with Crippen molar-refractivity contribution >= 4 is 21.7 Å². The van der Waals surface area contributed by atoms with Gasteiger partial charge >= 0.3 is 16.8 Å². The van der Waals surface area contributed by atoms with E-state index in [1.807, 2.05) is 0 Å². The van der Waals surface area contributed by atoms with Crippen LogP contribution in [0.15, 0.2) is 40.4 Å². The van der Waals surface area contributed by atoms with Crippen LogP contribution in [0.25, 0.3) is 0 Å². The third kappa shape index (κ3) is 3.71. The third-order valence-electron chi connectivity index (χ3n) is 2.98. The number of nitrogens with zero attached hydrogens (tertiary/aromatic N) is 2. The van der Waals surface area contributed by atoms with Crippen LogP contribution in [-0.2, 0) is 15.0 Å². The molecule has 1 aromatic carbocycles. The van der Waals surface area contributed by atoms with Crippen molar-refractivity contribution < 1.29 is 31.8 Å². The molecule has 0 atom stereocenters. The third-order valence-corrected chi connectivity index (χ3v) is 4.29. The van der Waals surface area contributed by atoms with Gasteiger partial charge in [-0.1, -0.05) is 0 Å². The molecular weight excluding hydrogens is 334 g/mol. The lowest BCUT2D eigenvalue weighted by Crippen LogP contribution is -2.34. The van der Waals surface area contributed by atoms with Gasteiger partial charge in [0.2, 0.25) is 5.78 Å². The maximum atomic E-state index is 12.1. The highest BCUT2D eigenvalue weighted by molar-refractivity contribution is 7.88. The predicted octanol–water partition coefficient (Wildman–Crippen LogP) is 0.713. The van der Waals surface area contributed by atoms with Crippen molar-refractivity contribution in [2.75, 3.05) is 13.7 Å². The summed E-state index contributed by atoms with van der Waals surface area (Å²) in [5.74, 6) is -0.892. The van der Waals surface area contributed by atoms with Crippen LogP contribution in [0.1, 0.15) is 5.56 Å². The maximum absolute atomic E-state index is 12.1. The molecular formula is C13H12F2N2O5S. The number of alkyl halides is 2. The van der Waals surface area contributed by atoms with Crippen LogP contribution in [0.2, 0.25) is 0 Å². The number of hydrogen-bond acceptors (Lipinski definition) is 5. The van der Waals surface area contributed by atoms with E-state index in [2.05, 4.69) is 9.13 Å². The number of carbonyl (C=O) groups is 1. The number of carbonyl (C=O) groups excluding carboxylic acids is 1. The maximum Gasteiger partial charge on any atom is 0.387 e. The molecule has 0 unspecified atom stereocenters. The summed E-state index contributed by atoms with van der Waals surface area (Å²) in [6, 6.07) is 5.09. The normalized spacial score (nSPS) is 16.8.